The summed E-state index contributed by atoms with van der Waals surface area (Å²) in [4.78, 5) is 0.788. The van der Waals surface area contributed by atoms with E-state index in [1.165, 1.54) is 43.1 Å². The largest absolute Gasteiger partial charge is 0.496 e. The summed E-state index contributed by atoms with van der Waals surface area (Å²) in [6.07, 6.45) is 0. The molecule has 2 N–H and O–H groups in total. The van der Waals surface area contributed by atoms with Crippen molar-refractivity contribution in [1.82, 2.24) is 0 Å². The second-order valence-electron chi connectivity index (χ2n) is 4.26. The van der Waals surface area contributed by atoms with E-state index >= 15 is 0 Å². The molecule has 0 aliphatic rings. The van der Waals surface area contributed by atoms with Crippen LogP contribution in [-0.4, -0.2) is 12.9 Å². The number of hydrogen-bond acceptors (Lipinski definition) is 3. The smallest absolute Gasteiger partial charge is 0.124 e. The molecule has 0 saturated heterocycles. The minimum absolute atomic E-state index is 0.285. The van der Waals surface area contributed by atoms with Gasteiger partial charge >= 0.3 is 0 Å². The van der Waals surface area contributed by atoms with Crippen LogP contribution in [0.2, 0.25) is 0 Å². The summed E-state index contributed by atoms with van der Waals surface area (Å²) in [5.74, 6) is 0.418. The Kier molecular flexibility index (Phi) is 4.98. The van der Waals surface area contributed by atoms with Crippen molar-refractivity contribution < 1.29 is 13.5 Å². The minimum Gasteiger partial charge on any atom is -0.496 e. The molecule has 0 bridgehead atoms. The summed E-state index contributed by atoms with van der Waals surface area (Å²) in [5, 5.41) is 0. The molecule has 0 aliphatic heterocycles. The van der Waals surface area contributed by atoms with Crippen molar-refractivity contribution in [2.24, 2.45) is 5.73 Å². The molecular formula is C15H15F2NOS. The van der Waals surface area contributed by atoms with Crippen molar-refractivity contribution in [1.29, 1.82) is 0 Å². The third-order valence-electron chi connectivity index (χ3n) is 2.82. The number of halogens is 2. The molecular weight excluding hydrogens is 280 g/mol. The van der Waals surface area contributed by atoms with Gasteiger partial charge in [0.15, 0.2) is 0 Å². The maximum atomic E-state index is 13.3. The molecule has 0 heterocycles. The first-order valence-electron chi connectivity index (χ1n) is 6.07. The van der Waals surface area contributed by atoms with Gasteiger partial charge in [0, 0.05) is 22.3 Å². The number of thioether (sulfide) groups is 1. The van der Waals surface area contributed by atoms with E-state index in [0.717, 1.165) is 4.90 Å². The van der Waals surface area contributed by atoms with Crippen molar-refractivity contribution in [3.8, 4) is 5.75 Å². The predicted molar refractivity (Wildman–Crippen MR) is 77.0 cm³/mol. The number of hydrogen-bond donors (Lipinski definition) is 1. The zero-order valence-corrected chi connectivity index (χ0v) is 11.8. The van der Waals surface area contributed by atoms with Crippen molar-refractivity contribution in [2.75, 3.05) is 12.9 Å². The first kappa shape index (κ1) is 14.8. The van der Waals surface area contributed by atoms with Gasteiger partial charge in [-0.2, -0.15) is 0 Å². The van der Waals surface area contributed by atoms with Crippen molar-refractivity contribution in [3.05, 3.63) is 59.7 Å². The molecule has 2 aromatic carbocycles. The lowest BCUT2D eigenvalue weighted by Gasteiger charge is -2.15. The highest BCUT2D eigenvalue weighted by Gasteiger charge is 2.13. The first-order chi connectivity index (χ1) is 9.60. The standard InChI is InChI=1S/C15H15F2NOS/c1-19-15-6-5-11(17)8-13(15)14(18)9-20-12-4-2-3-10(16)7-12/h2-8,14H,9,18H2,1H3. The second kappa shape index (κ2) is 6.72. The fourth-order valence-corrected chi connectivity index (χ4v) is 2.75. The highest BCUT2D eigenvalue weighted by molar-refractivity contribution is 7.99. The van der Waals surface area contributed by atoms with Gasteiger partial charge in [0.2, 0.25) is 0 Å². The van der Waals surface area contributed by atoms with Crippen LogP contribution in [0.3, 0.4) is 0 Å². The van der Waals surface area contributed by atoms with Gasteiger partial charge in [0.25, 0.3) is 0 Å². The quantitative estimate of drug-likeness (QED) is 0.853. The number of methoxy groups -OCH3 is 1. The summed E-state index contributed by atoms with van der Waals surface area (Å²) >= 11 is 1.42. The normalized spacial score (nSPS) is 12.2. The number of nitrogens with two attached hydrogens (primary N) is 1. The molecule has 106 valence electrons. The average molecular weight is 295 g/mol. The van der Waals surface area contributed by atoms with Gasteiger partial charge in [-0.25, -0.2) is 8.78 Å². The Morgan fingerprint density at radius 2 is 1.90 bits per heavy atom. The first-order valence-corrected chi connectivity index (χ1v) is 7.06. The molecule has 0 fully saturated rings. The van der Waals surface area contributed by atoms with Crippen LogP contribution >= 0.6 is 11.8 Å². The summed E-state index contributed by atoms with van der Waals surface area (Å²) in [7, 11) is 1.52. The Morgan fingerprint density at radius 1 is 1.15 bits per heavy atom. The van der Waals surface area contributed by atoms with Crippen LogP contribution in [-0.2, 0) is 0 Å². The fourth-order valence-electron chi connectivity index (χ4n) is 1.83. The van der Waals surface area contributed by atoms with E-state index in [9.17, 15) is 8.78 Å². The zero-order chi connectivity index (χ0) is 14.5. The van der Waals surface area contributed by atoms with Crippen molar-refractivity contribution >= 4 is 11.8 Å². The lowest BCUT2D eigenvalue weighted by Crippen LogP contribution is -2.14. The van der Waals surface area contributed by atoms with E-state index in [4.69, 9.17) is 10.5 Å². The van der Waals surface area contributed by atoms with Crippen LogP contribution in [0, 0.1) is 11.6 Å². The number of ether oxygens (including phenoxy) is 1. The van der Waals surface area contributed by atoms with Gasteiger partial charge in [-0.15, -0.1) is 11.8 Å². The van der Waals surface area contributed by atoms with Crippen LogP contribution in [0.4, 0.5) is 8.78 Å². The van der Waals surface area contributed by atoms with Crippen molar-refractivity contribution in [3.63, 3.8) is 0 Å². The van der Waals surface area contributed by atoms with Gasteiger partial charge in [0.1, 0.15) is 17.4 Å². The van der Waals surface area contributed by atoms with Gasteiger partial charge in [-0.05, 0) is 36.4 Å². The minimum atomic E-state index is -0.395. The molecule has 20 heavy (non-hydrogen) atoms. The molecule has 2 aromatic rings. The monoisotopic (exact) mass is 295 g/mol. The van der Waals surface area contributed by atoms with E-state index in [0.29, 0.717) is 17.1 Å². The van der Waals surface area contributed by atoms with Gasteiger partial charge in [-0.1, -0.05) is 6.07 Å². The molecule has 0 spiro atoms. The molecule has 5 heteroatoms. The van der Waals surface area contributed by atoms with Gasteiger partial charge in [-0.3, -0.25) is 0 Å². The maximum absolute atomic E-state index is 13.3. The molecule has 0 saturated carbocycles. The topological polar surface area (TPSA) is 35.2 Å². The molecule has 0 radical (unpaired) electrons. The molecule has 2 nitrogen and oxygen atoms in total. The average Bonchev–Trinajstić information content (AvgIpc) is 2.45. The molecule has 1 atom stereocenters. The van der Waals surface area contributed by atoms with E-state index in [-0.39, 0.29) is 11.6 Å². The summed E-state index contributed by atoms with van der Waals surface area (Å²) in [6.45, 7) is 0. The van der Waals surface area contributed by atoms with Crippen LogP contribution in [0.5, 0.6) is 5.75 Å². The van der Waals surface area contributed by atoms with Crippen LogP contribution < -0.4 is 10.5 Å². The third-order valence-corrected chi connectivity index (χ3v) is 3.93. The Hall–Kier alpha value is -1.59. The van der Waals surface area contributed by atoms with E-state index in [1.54, 1.807) is 12.1 Å². The maximum Gasteiger partial charge on any atom is 0.124 e. The van der Waals surface area contributed by atoms with Crippen molar-refractivity contribution in [2.45, 2.75) is 10.9 Å². The van der Waals surface area contributed by atoms with E-state index in [2.05, 4.69) is 0 Å². The third kappa shape index (κ3) is 3.71. The predicted octanol–water partition coefficient (Wildman–Crippen LogP) is 3.77. The van der Waals surface area contributed by atoms with E-state index < -0.39 is 6.04 Å². The highest BCUT2D eigenvalue weighted by atomic mass is 32.2. The SMILES string of the molecule is COc1ccc(F)cc1C(N)CSc1cccc(F)c1. The Balaban J connectivity index is 2.08. The van der Waals surface area contributed by atoms with Gasteiger partial charge in [0.05, 0.1) is 7.11 Å². The summed E-state index contributed by atoms with van der Waals surface area (Å²) in [6, 6.07) is 10.1. The Labute approximate surface area is 120 Å². The zero-order valence-electron chi connectivity index (χ0n) is 11.0. The molecule has 0 aromatic heterocycles. The van der Waals surface area contributed by atoms with Crippen LogP contribution in [0.15, 0.2) is 47.4 Å². The lowest BCUT2D eigenvalue weighted by atomic mass is 10.1. The van der Waals surface area contributed by atoms with Crippen LogP contribution in [0.1, 0.15) is 11.6 Å². The second-order valence-corrected chi connectivity index (χ2v) is 5.35. The summed E-state index contributed by atoms with van der Waals surface area (Å²) < 4.78 is 31.5. The highest BCUT2D eigenvalue weighted by Crippen LogP contribution is 2.29. The fraction of sp³-hybridized carbons (Fsp3) is 0.200. The Morgan fingerprint density at radius 3 is 2.60 bits per heavy atom. The Bertz CT molecular complexity index is 592. The summed E-state index contributed by atoms with van der Waals surface area (Å²) in [5.41, 5.74) is 6.67. The molecule has 2 rings (SSSR count). The molecule has 0 aliphatic carbocycles. The lowest BCUT2D eigenvalue weighted by molar-refractivity contribution is 0.405. The number of rotatable bonds is 5. The van der Waals surface area contributed by atoms with Gasteiger partial charge < -0.3 is 10.5 Å². The number of benzene rings is 2. The molecule has 0 amide bonds. The molecule has 1 unspecified atom stereocenters. The van der Waals surface area contributed by atoms with Crippen LogP contribution in [0.25, 0.3) is 0 Å². The van der Waals surface area contributed by atoms with E-state index in [1.807, 2.05) is 6.07 Å².